The van der Waals surface area contributed by atoms with Crippen LogP contribution in [0, 0.1) is 5.92 Å². The molecule has 11 heteroatoms. The van der Waals surface area contributed by atoms with Crippen LogP contribution >= 0.6 is 0 Å². The molecule has 158 valence electrons. The zero-order valence-corrected chi connectivity index (χ0v) is 16.2. The Morgan fingerprint density at radius 2 is 1.71 bits per heavy atom. The highest BCUT2D eigenvalue weighted by Crippen LogP contribution is 2.19. The van der Waals surface area contributed by atoms with Gasteiger partial charge < -0.3 is 31.5 Å². The number of hydrogen-bond donors (Lipinski definition) is 5. The largest absolute Gasteiger partial charge is 0.481 e. The molecule has 0 aromatic heterocycles. The summed E-state index contributed by atoms with van der Waals surface area (Å²) >= 11 is 0. The molecule has 4 unspecified atom stereocenters. The Labute approximate surface area is 162 Å². The Kier molecular flexibility index (Phi) is 8.35. The number of likely N-dealkylation sites (tertiary alicyclic amines) is 1. The monoisotopic (exact) mass is 400 g/mol. The average Bonchev–Trinajstić information content (AvgIpc) is 3.08. The zero-order chi connectivity index (χ0) is 21.6. The zero-order valence-electron chi connectivity index (χ0n) is 16.2. The highest BCUT2D eigenvalue weighted by Gasteiger charge is 2.37. The summed E-state index contributed by atoms with van der Waals surface area (Å²) in [6, 6.07) is -4.22. The number of rotatable bonds is 9. The van der Waals surface area contributed by atoms with Gasteiger partial charge in [-0.1, -0.05) is 13.8 Å². The van der Waals surface area contributed by atoms with Crippen LogP contribution in [0.2, 0.25) is 0 Å². The van der Waals surface area contributed by atoms with Crippen molar-refractivity contribution in [2.45, 2.75) is 64.2 Å². The lowest BCUT2D eigenvalue weighted by atomic mass is 10.0. The minimum atomic E-state index is -1.61. The summed E-state index contributed by atoms with van der Waals surface area (Å²) < 4.78 is 0. The molecule has 1 fully saturated rings. The van der Waals surface area contributed by atoms with E-state index in [1.165, 1.54) is 11.8 Å². The van der Waals surface area contributed by atoms with Gasteiger partial charge in [-0.2, -0.15) is 0 Å². The summed E-state index contributed by atoms with van der Waals surface area (Å²) in [7, 11) is 0. The molecule has 0 aromatic rings. The average molecular weight is 400 g/mol. The van der Waals surface area contributed by atoms with E-state index in [4.69, 9.17) is 15.9 Å². The van der Waals surface area contributed by atoms with Crippen molar-refractivity contribution >= 4 is 29.7 Å². The van der Waals surface area contributed by atoms with Crippen LogP contribution in [0.3, 0.4) is 0 Å². The van der Waals surface area contributed by atoms with Crippen molar-refractivity contribution in [1.82, 2.24) is 15.5 Å². The molecule has 1 saturated heterocycles. The number of carbonyl (C=O) groups excluding carboxylic acids is 3. The third-order valence-electron chi connectivity index (χ3n) is 4.59. The standard InChI is InChI=1S/C17H28N4O7/c1-8(2)13(18)16(26)21-6-4-5-11(21)15(25)19-9(3)14(24)20-10(17(27)28)7-12(22)23/h8-11,13H,4-7,18H2,1-3H3,(H,19,25)(H,20,24)(H,22,23)(H,27,28). The quantitative estimate of drug-likeness (QED) is 0.310. The lowest BCUT2D eigenvalue weighted by molar-refractivity contribution is -0.147. The Bertz CT molecular complexity index is 637. The number of carboxylic acids is 2. The van der Waals surface area contributed by atoms with Crippen molar-refractivity contribution in [3.63, 3.8) is 0 Å². The first kappa shape index (κ1) is 23.3. The van der Waals surface area contributed by atoms with Crippen LogP contribution in [0.1, 0.15) is 40.0 Å². The van der Waals surface area contributed by atoms with Crippen molar-refractivity contribution in [2.24, 2.45) is 11.7 Å². The third kappa shape index (κ3) is 6.19. The molecule has 0 aromatic carbocycles. The first-order valence-electron chi connectivity index (χ1n) is 9.07. The Balaban J connectivity index is 2.72. The molecule has 1 rings (SSSR count). The maximum atomic E-state index is 12.5. The van der Waals surface area contributed by atoms with E-state index in [2.05, 4.69) is 10.6 Å². The summed E-state index contributed by atoms with van der Waals surface area (Å²) in [5.41, 5.74) is 5.88. The van der Waals surface area contributed by atoms with Crippen molar-refractivity contribution in [1.29, 1.82) is 0 Å². The molecule has 4 atom stereocenters. The molecule has 3 amide bonds. The Hall–Kier alpha value is -2.69. The summed E-state index contributed by atoms with van der Waals surface area (Å²) in [6.07, 6.45) is 0.252. The normalized spacial score (nSPS) is 19.6. The van der Waals surface area contributed by atoms with E-state index in [1.807, 2.05) is 0 Å². The minimum absolute atomic E-state index is 0.0938. The topological polar surface area (TPSA) is 179 Å². The van der Waals surface area contributed by atoms with Gasteiger partial charge in [0.25, 0.3) is 0 Å². The second-order valence-corrected chi connectivity index (χ2v) is 7.19. The number of carbonyl (C=O) groups is 5. The van der Waals surface area contributed by atoms with E-state index in [1.54, 1.807) is 13.8 Å². The second-order valence-electron chi connectivity index (χ2n) is 7.19. The lowest BCUT2D eigenvalue weighted by Crippen LogP contribution is -2.56. The summed E-state index contributed by atoms with van der Waals surface area (Å²) in [6.45, 7) is 5.33. The molecule has 1 heterocycles. The van der Waals surface area contributed by atoms with Gasteiger partial charge in [-0.15, -0.1) is 0 Å². The van der Waals surface area contributed by atoms with E-state index < -0.39 is 54.3 Å². The van der Waals surface area contributed by atoms with Crippen LogP contribution in [0.4, 0.5) is 0 Å². The van der Waals surface area contributed by atoms with Crippen LogP contribution in [0.5, 0.6) is 0 Å². The first-order chi connectivity index (χ1) is 13.0. The van der Waals surface area contributed by atoms with Crippen molar-refractivity contribution in [3.05, 3.63) is 0 Å². The fraction of sp³-hybridized carbons (Fsp3) is 0.706. The second kappa shape index (κ2) is 10.0. The number of hydrogen-bond acceptors (Lipinski definition) is 6. The van der Waals surface area contributed by atoms with Gasteiger partial charge in [0.15, 0.2) is 0 Å². The van der Waals surface area contributed by atoms with Gasteiger partial charge in [0, 0.05) is 6.54 Å². The van der Waals surface area contributed by atoms with Crippen LogP contribution in [-0.2, 0) is 24.0 Å². The van der Waals surface area contributed by atoms with Crippen molar-refractivity contribution in [2.75, 3.05) is 6.54 Å². The van der Waals surface area contributed by atoms with Crippen LogP contribution in [-0.4, -0.2) is 75.5 Å². The molecule has 0 radical (unpaired) electrons. The van der Waals surface area contributed by atoms with Gasteiger partial charge in [0.2, 0.25) is 17.7 Å². The molecule has 0 aliphatic carbocycles. The fourth-order valence-corrected chi connectivity index (χ4v) is 2.83. The van der Waals surface area contributed by atoms with Gasteiger partial charge in [-0.05, 0) is 25.7 Å². The fourth-order valence-electron chi connectivity index (χ4n) is 2.83. The molecule has 28 heavy (non-hydrogen) atoms. The highest BCUT2D eigenvalue weighted by atomic mass is 16.4. The predicted octanol–water partition coefficient (Wildman–Crippen LogP) is -1.49. The Morgan fingerprint density at radius 3 is 2.21 bits per heavy atom. The summed E-state index contributed by atoms with van der Waals surface area (Å²) in [5.74, 6) is -4.69. The van der Waals surface area contributed by atoms with Gasteiger partial charge in [0.1, 0.15) is 18.1 Å². The molecule has 1 aliphatic rings. The number of nitrogens with one attached hydrogen (secondary N) is 2. The number of aliphatic carboxylic acids is 2. The summed E-state index contributed by atoms with van der Waals surface area (Å²) in [5, 5.41) is 22.2. The van der Waals surface area contributed by atoms with Gasteiger partial charge >= 0.3 is 11.9 Å². The maximum absolute atomic E-state index is 12.5. The molecule has 0 saturated carbocycles. The van der Waals surface area contributed by atoms with E-state index in [-0.39, 0.29) is 11.8 Å². The van der Waals surface area contributed by atoms with Crippen LogP contribution in [0.25, 0.3) is 0 Å². The molecular weight excluding hydrogens is 372 g/mol. The predicted molar refractivity (Wildman–Crippen MR) is 97.0 cm³/mol. The molecular formula is C17H28N4O7. The lowest BCUT2D eigenvalue weighted by Gasteiger charge is -2.29. The Morgan fingerprint density at radius 1 is 1.11 bits per heavy atom. The van der Waals surface area contributed by atoms with Crippen LogP contribution in [0.15, 0.2) is 0 Å². The SMILES string of the molecule is CC(NC(=O)C1CCCN1C(=O)C(N)C(C)C)C(=O)NC(CC(=O)O)C(=O)O. The number of nitrogens with two attached hydrogens (primary N) is 1. The maximum Gasteiger partial charge on any atom is 0.326 e. The minimum Gasteiger partial charge on any atom is -0.481 e. The number of carboxylic acid groups (broad SMARTS) is 2. The van der Waals surface area contributed by atoms with Crippen molar-refractivity contribution in [3.8, 4) is 0 Å². The van der Waals surface area contributed by atoms with Crippen LogP contribution < -0.4 is 16.4 Å². The van der Waals surface area contributed by atoms with E-state index in [0.29, 0.717) is 19.4 Å². The van der Waals surface area contributed by atoms with Gasteiger partial charge in [0.05, 0.1) is 12.5 Å². The summed E-state index contributed by atoms with van der Waals surface area (Å²) in [4.78, 5) is 60.2. The molecule has 1 aliphatic heterocycles. The van der Waals surface area contributed by atoms with E-state index in [9.17, 15) is 24.0 Å². The smallest absolute Gasteiger partial charge is 0.326 e. The number of nitrogens with zero attached hydrogens (tertiary/aromatic N) is 1. The van der Waals surface area contributed by atoms with Gasteiger partial charge in [-0.25, -0.2) is 4.79 Å². The van der Waals surface area contributed by atoms with E-state index in [0.717, 1.165) is 0 Å². The molecule has 6 N–H and O–H groups in total. The van der Waals surface area contributed by atoms with Crippen molar-refractivity contribution < 1.29 is 34.2 Å². The highest BCUT2D eigenvalue weighted by molar-refractivity contribution is 5.94. The third-order valence-corrected chi connectivity index (χ3v) is 4.59. The number of amides is 3. The first-order valence-corrected chi connectivity index (χ1v) is 9.07. The van der Waals surface area contributed by atoms with E-state index >= 15 is 0 Å². The molecule has 11 nitrogen and oxygen atoms in total. The molecule has 0 spiro atoms. The van der Waals surface area contributed by atoms with Gasteiger partial charge in [-0.3, -0.25) is 19.2 Å². The molecule has 0 bridgehead atoms.